The third-order valence-electron chi connectivity index (χ3n) is 2.54. The van der Waals surface area contributed by atoms with Crippen molar-refractivity contribution in [2.75, 3.05) is 12.4 Å². The number of nitrogens with one attached hydrogen (secondary N) is 1. The number of nitrogens with zero attached hydrogens (tertiary/aromatic N) is 1. The van der Waals surface area contributed by atoms with Crippen LogP contribution in [0.5, 0.6) is 5.75 Å². The number of methoxy groups -OCH3 is 1. The van der Waals surface area contributed by atoms with Crippen LogP contribution >= 0.6 is 15.9 Å². The van der Waals surface area contributed by atoms with Gasteiger partial charge in [0.1, 0.15) is 11.4 Å². The smallest absolute Gasteiger partial charge is 0.306 e. The van der Waals surface area contributed by atoms with Crippen LogP contribution in [0, 0.1) is 10.1 Å². The first-order valence-electron chi connectivity index (χ1n) is 5.46. The molecule has 0 saturated heterocycles. The molecule has 6 heteroatoms. The Bertz CT molecular complexity index is 599. The number of nitro groups is 1. The highest BCUT2D eigenvalue weighted by atomic mass is 79.9. The van der Waals surface area contributed by atoms with Crippen LogP contribution in [-0.2, 0) is 0 Å². The Morgan fingerprint density at radius 1 is 1.21 bits per heavy atom. The van der Waals surface area contributed by atoms with Gasteiger partial charge in [-0.15, -0.1) is 0 Å². The van der Waals surface area contributed by atoms with E-state index in [0.29, 0.717) is 10.2 Å². The highest BCUT2D eigenvalue weighted by Crippen LogP contribution is 2.34. The molecule has 0 aliphatic heterocycles. The summed E-state index contributed by atoms with van der Waals surface area (Å²) in [5.74, 6) is 0.731. The van der Waals surface area contributed by atoms with Gasteiger partial charge >= 0.3 is 5.69 Å². The lowest BCUT2D eigenvalue weighted by Gasteiger charge is -2.08. The summed E-state index contributed by atoms with van der Waals surface area (Å²) in [5, 5.41) is 14.1. The van der Waals surface area contributed by atoms with Crippen LogP contribution in [0.15, 0.2) is 46.9 Å². The zero-order chi connectivity index (χ0) is 13.8. The average molecular weight is 323 g/mol. The molecule has 0 radical (unpaired) electrons. The fourth-order valence-electron chi connectivity index (χ4n) is 1.63. The van der Waals surface area contributed by atoms with Crippen LogP contribution in [0.4, 0.5) is 17.1 Å². The van der Waals surface area contributed by atoms with Crippen molar-refractivity contribution in [3.63, 3.8) is 0 Å². The van der Waals surface area contributed by atoms with E-state index in [1.54, 1.807) is 49.6 Å². The van der Waals surface area contributed by atoms with Crippen LogP contribution in [0.3, 0.4) is 0 Å². The van der Waals surface area contributed by atoms with Gasteiger partial charge in [-0.1, -0.05) is 6.07 Å². The summed E-state index contributed by atoms with van der Waals surface area (Å²) in [6, 6.07) is 12.2. The lowest BCUT2D eigenvalue weighted by molar-refractivity contribution is -0.384. The Balaban J connectivity index is 2.32. The third-order valence-corrected chi connectivity index (χ3v) is 3.18. The first-order valence-corrected chi connectivity index (χ1v) is 6.25. The molecule has 0 fully saturated rings. The van der Waals surface area contributed by atoms with E-state index in [-0.39, 0.29) is 5.69 Å². The maximum absolute atomic E-state index is 11.0. The second-order valence-corrected chi connectivity index (χ2v) is 4.60. The van der Waals surface area contributed by atoms with Gasteiger partial charge in [0.2, 0.25) is 0 Å². The third kappa shape index (κ3) is 3.03. The Hall–Kier alpha value is -2.08. The van der Waals surface area contributed by atoms with Crippen LogP contribution in [0.1, 0.15) is 0 Å². The Labute approximate surface area is 118 Å². The molecule has 0 unspecified atom stereocenters. The predicted molar refractivity (Wildman–Crippen MR) is 77.1 cm³/mol. The van der Waals surface area contributed by atoms with Crippen LogP contribution in [0.25, 0.3) is 0 Å². The fraction of sp³-hybridized carbons (Fsp3) is 0.0769. The van der Waals surface area contributed by atoms with Crippen molar-refractivity contribution in [2.45, 2.75) is 0 Å². The van der Waals surface area contributed by atoms with E-state index in [9.17, 15) is 10.1 Å². The Morgan fingerprint density at radius 3 is 2.47 bits per heavy atom. The lowest BCUT2D eigenvalue weighted by atomic mass is 10.2. The number of ether oxygens (including phenoxy) is 1. The second kappa shape index (κ2) is 5.71. The topological polar surface area (TPSA) is 64.4 Å². The molecule has 0 atom stereocenters. The fourth-order valence-corrected chi connectivity index (χ4v) is 2.14. The number of halogens is 1. The molecule has 0 spiro atoms. The molecular weight excluding hydrogens is 312 g/mol. The Morgan fingerprint density at radius 2 is 1.89 bits per heavy atom. The number of rotatable bonds is 4. The number of hydrogen-bond acceptors (Lipinski definition) is 4. The minimum Gasteiger partial charge on any atom is -0.497 e. The largest absolute Gasteiger partial charge is 0.497 e. The number of benzene rings is 2. The second-order valence-electron chi connectivity index (χ2n) is 3.75. The van der Waals surface area contributed by atoms with Gasteiger partial charge in [0.05, 0.1) is 16.5 Å². The van der Waals surface area contributed by atoms with Gasteiger partial charge < -0.3 is 10.1 Å². The quantitative estimate of drug-likeness (QED) is 0.679. The van der Waals surface area contributed by atoms with Gasteiger partial charge in [0.15, 0.2) is 0 Å². The monoisotopic (exact) mass is 322 g/mol. The molecule has 0 saturated carbocycles. The van der Waals surface area contributed by atoms with E-state index < -0.39 is 4.92 Å². The summed E-state index contributed by atoms with van der Waals surface area (Å²) in [6.07, 6.45) is 0. The van der Waals surface area contributed by atoms with Crippen LogP contribution < -0.4 is 10.1 Å². The molecule has 2 aromatic carbocycles. The molecule has 19 heavy (non-hydrogen) atoms. The van der Waals surface area contributed by atoms with Gasteiger partial charge in [-0.3, -0.25) is 10.1 Å². The van der Waals surface area contributed by atoms with E-state index in [2.05, 4.69) is 21.2 Å². The Kier molecular flexibility index (Phi) is 4.01. The lowest BCUT2D eigenvalue weighted by Crippen LogP contribution is -1.97. The van der Waals surface area contributed by atoms with Gasteiger partial charge in [-0.05, 0) is 52.3 Å². The van der Waals surface area contributed by atoms with Crippen molar-refractivity contribution in [3.8, 4) is 5.75 Å². The minimum absolute atomic E-state index is 0.0123. The van der Waals surface area contributed by atoms with E-state index in [1.807, 2.05) is 0 Å². The maximum atomic E-state index is 11.0. The summed E-state index contributed by atoms with van der Waals surface area (Å²) in [6.45, 7) is 0. The molecule has 0 aliphatic rings. The highest BCUT2D eigenvalue weighted by Gasteiger charge is 2.17. The molecule has 2 aromatic rings. The summed E-state index contributed by atoms with van der Waals surface area (Å²) in [7, 11) is 1.58. The van der Waals surface area contributed by atoms with Crippen molar-refractivity contribution in [1.29, 1.82) is 0 Å². The van der Waals surface area contributed by atoms with E-state index in [1.165, 1.54) is 0 Å². The number of anilines is 2. The van der Waals surface area contributed by atoms with E-state index >= 15 is 0 Å². The number of para-hydroxylation sites is 1. The molecule has 5 nitrogen and oxygen atoms in total. The number of nitro benzene ring substituents is 1. The summed E-state index contributed by atoms with van der Waals surface area (Å²) < 4.78 is 5.50. The average Bonchev–Trinajstić information content (AvgIpc) is 2.39. The molecule has 0 bridgehead atoms. The van der Waals surface area contributed by atoms with Crippen molar-refractivity contribution in [3.05, 3.63) is 57.1 Å². The van der Waals surface area contributed by atoms with Crippen molar-refractivity contribution < 1.29 is 9.66 Å². The summed E-state index contributed by atoms with van der Waals surface area (Å²) in [5.41, 5.74) is 1.20. The zero-order valence-electron chi connectivity index (χ0n) is 10.1. The van der Waals surface area contributed by atoms with E-state index in [0.717, 1.165) is 11.4 Å². The van der Waals surface area contributed by atoms with Gasteiger partial charge in [-0.2, -0.15) is 0 Å². The van der Waals surface area contributed by atoms with Gasteiger partial charge in [0.25, 0.3) is 0 Å². The molecular formula is C13H11BrN2O3. The molecule has 1 N–H and O–H groups in total. The van der Waals surface area contributed by atoms with Crippen molar-refractivity contribution in [2.24, 2.45) is 0 Å². The SMILES string of the molecule is COc1ccc(Nc2cccc(Br)c2[N+](=O)[O-])cc1. The molecule has 0 aliphatic carbocycles. The minimum atomic E-state index is -0.421. The molecule has 0 amide bonds. The van der Waals surface area contributed by atoms with Gasteiger partial charge in [-0.25, -0.2) is 0 Å². The van der Waals surface area contributed by atoms with Crippen molar-refractivity contribution >= 4 is 33.0 Å². The normalized spacial score (nSPS) is 10.0. The molecule has 0 heterocycles. The summed E-state index contributed by atoms with van der Waals surface area (Å²) >= 11 is 3.18. The summed E-state index contributed by atoms with van der Waals surface area (Å²) in [4.78, 5) is 10.6. The van der Waals surface area contributed by atoms with E-state index in [4.69, 9.17) is 4.74 Å². The molecule has 98 valence electrons. The van der Waals surface area contributed by atoms with Crippen LogP contribution in [0.2, 0.25) is 0 Å². The maximum Gasteiger partial charge on any atom is 0.306 e. The molecule has 2 rings (SSSR count). The predicted octanol–water partition coefficient (Wildman–Crippen LogP) is 4.11. The van der Waals surface area contributed by atoms with Crippen molar-refractivity contribution in [1.82, 2.24) is 0 Å². The standard InChI is InChI=1S/C13H11BrN2O3/c1-19-10-7-5-9(6-8-10)15-12-4-2-3-11(14)13(12)16(17)18/h2-8,15H,1H3. The van der Waals surface area contributed by atoms with Gasteiger partial charge in [0, 0.05) is 5.69 Å². The first-order chi connectivity index (χ1) is 9.11. The first kappa shape index (κ1) is 13.4. The number of hydrogen-bond donors (Lipinski definition) is 1. The highest BCUT2D eigenvalue weighted by molar-refractivity contribution is 9.10. The molecule has 0 aromatic heterocycles. The van der Waals surface area contributed by atoms with Crippen LogP contribution in [-0.4, -0.2) is 12.0 Å². The zero-order valence-corrected chi connectivity index (χ0v) is 11.7.